The summed E-state index contributed by atoms with van der Waals surface area (Å²) >= 11 is 6.50. The molecule has 0 atom stereocenters. The van der Waals surface area contributed by atoms with Gasteiger partial charge in [0.05, 0.1) is 4.92 Å². The number of benzene rings is 2. The Kier molecular flexibility index (Phi) is 8.65. The molecule has 0 aliphatic rings. The number of ether oxygens (including phenoxy) is 1. The first-order valence-electron chi connectivity index (χ1n) is 11.3. The second-order valence-corrected chi connectivity index (χ2v) is 10.2. The monoisotopic (exact) mass is 530 g/mol. The highest BCUT2D eigenvalue weighted by Crippen LogP contribution is 2.35. The van der Waals surface area contributed by atoms with Crippen LogP contribution in [0.3, 0.4) is 0 Å². The number of aromatic nitrogens is 1. The van der Waals surface area contributed by atoms with Crippen LogP contribution in [0.1, 0.15) is 50.9 Å². The van der Waals surface area contributed by atoms with Crippen LogP contribution in [0.15, 0.2) is 48.5 Å². The standard InChI is InChI=1S/C25H27ClN4O5S/c1-5-6-14-29(24(32)35-25(2,3)4)17-12-13-18(19(15-17)16-10-8-7-9-11-16)21(31)28-23-27-20(26)22(36-23)30(33)34/h7-13,15H,5-6,14H2,1-4H3,(H,27,28,31). The highest BCUT2D eigenvalue weighted by atomic mass is 35.5. The molecule has 0 aliphatic heterocycles. The van der Waals surface area contributed by atoms with Gasteiger partial charge in [0.1, 0.15) is 5.60 Å². The molecule has 36 heavy (non-hydrogen) atoms. The maximum atomic E-state index is 13.2. The summed E-state index contributed by atoms with van der Waals surface area (Å²) in [6.45, 7) is 7.90. The zero-order valence-electron chi connectivity index (χ0n) is 20.4. The lowest BCUT2D eigenvalue weighted by Crippen LogP contribution is -2.37. The topological polar surface area (TPSA) is 115 Å². The van der Waals surface area contributed by atoms with E-state index in [0.717, 1.165) is 18.4 Å². The Morgan fingerprint density at radius 1 is 1.19 bits per heavy atom. The third-order valence-electron chi connectivity index (χ3n) is 4.95. The molecule has 1 aromatic heterocycles. The Morgan fingerprint density at radius 2 is 1.89 bits per heavy atom. The lowest BCUT2D eigenvalue weighted by Gasteiger charge is -2.28. The molecule has 190 valence electrons. The Bertz CT molecular complexity index is 1260. The molecule has 0 radical (unpaired) electrons. The molecule has 0 spiro atoms. The number of nitrogens with zero attached hydrogens (tertiary/aromatic N) is 3. The highest BCUT2D eigenvalue weighted by molar-refractivity contribution is 7.19. The first kappa shape index (κ1) is 27.1. The fraction of sp³-hybridized carbons (Fsp3) is 0.320. The van der Waals surface area contributed by atoms with Crippen LogP contribution in [-0.2, 0) is 4.74 Å². The third kappa shape index (κ3) is 6.79. The zero-order chi connectivity index (χ0) is 26.5. The number of hydrogen-bond acceptors (Lipinski definition) is 7. The van der Waals surface area contributed by atoms with Gasteiger partial charge in [-0.3, -0.25) is 25.1 Å². The average molecular weight is 531 g/mol. The fourth-order valence-corrected chi connectivity index (χ4v) is 4.33. The predicted octanol–water partition coefficient (Wildman–Crippen LogP) is 7.17. The van der Waals surface area contributed by atoms with Crippen LogP contribution in [0.2, 0.25) is 5.15 Å². The van der Waals surface area contributed by atoms with Gasteiger partial charge in [0.2, 0.25) is 5.15 Å². The largest absolute Gasteiger partial charge is 0.443 e. The van der Waals surface area contributed by atoms with Crippen LogP contribution in [-0.4, -0.2) is 34.1 Å². The molecule has 9 nitrogen and oxygen atoms in total. The van der Waals surface area contributed by atoms with Gasteiger partial charge in [0.15, 0.2) is 5.13 Å². The molecular formula is C25H27ClN4O5S. The number of anilines is 2. The molecule has 3 rings (SSSR count). The molecular weight excluding hydrogens is 504 g/mol. The van der Waals surface area contributed by atoms with Crippen LogP contribution < -0.4 is 10.2 Å². The number of amides is 2. The first-order valence-corrected chi connectivity index (χ1v) is 12.5. The summed E-state index contributed by atoms with van der Waals surface area (Å²) in [5.41, 5.74) is 1.56. The van der Waals surface area contributed by atoms with Crippen molar-refractivity contribution in [3.63, 3.8) is 0 Å². The minimum Gasteiger partial charge on any atom is -0.443 e. The first-order chi connectivity index (χ1) is 17.0. The van der Waals surface area contributed by atoms with Crippen LogP contribution >= 0.6 is 22.9 Å². The van der Waals surface area contributed by atoms with Gasteiger partial charge in [0, 0.05) is 17.8 Å². The number of carbonyl (C=O) groups excluding carboxylic acids is 2. The molecule has 0 saturated carbocycles. The van der Waals surface area contributed by atoms with E-state index in [0.29, 0.717) is 34.7 Å². The van der Waals surface area contributed by atoms with Gasteiger partial charge in [-0.1, -0.05) is 55.3 Å². The van der Waals surface area contributed by atoms with Crippen molar-refractivity contribution in [2.75, 3.05) is 16.8 Å². The van der Waals surface area contributed by atoms with E-state index in [4.69, 9.17) is 16.3 Å². The smallest absolute Gasteiger partial charge is 0.414 e. The summed E-state index contributed by atoms with van der Waals surface area (Å²) in [5, 5.41) is 13.1. The number of rotatable bonds is 8. The molecule has 0 saturated heterocycles. The maximum Gasteiger partial charge on any atom is 0.414 e. The number of carbonyl (C=O) groups is 2. The van der Waals surface area contributed by atoms with Crippen molar-refractivity contribution in [2.45, 2.75) is 46.1 Å². The van der Waals surface area contributed by atoms with Crippen LogP contribution in [0, 0.1) is 10.1 Å². The highest BCUT2D eigenvalue weighted by Gasteiger charge is 2.26. The molecule has 0 aliphatic carbocycles. The van der Waals surface area contributed by atoms with Gasteiger partial charge < -0.3 is 4.74 Å². The van der Waals surface area contributed by atoms with Crippen LogP contribution in [0.4, 0.5) is 20.6 Å². The second-order valence-electron chi connectivity index (χ2n) is 8.91. The van der Waals surface area contributed by atoms with Crippen molar-refractivity contribution in [3.8, 4) is 11.1 Å². The number of hydrogen-bond donors (Lipinski definition) is 1. The Labute approximate surface area is 218 Å². The van der Waals surface area contributed by atoms with Crippen molar-refractivity contribution in [1.29, 1.82) is 0 Å². The van der Waals surface area contributed by atoms with E-state index < -0.39 is 22.5 Å². The molecule has 0 unspecified atom stereocenters. The van der Waals surface area contributed by atoms with E-state index in [9.17, 15) is 19.7 Å². The molecule has 2 aromatic carbocycles. The third-order valence-corrected chi connectivity index (χ3v) is 6.25. The number of halogens is 1. The van der Waals surface area contributed by atoms with E-state index in [-0.39, 0.29) is 15.3 Å². The molecule has 3 aromatic rings. The molecule has 0 fully saturated rings. The Morgan fingerprint density at radius 3 is 2.47 bits per heavy atom. The molecule has 1 N–H and O–H groups in total. The average Bonchev–Trinajstić information content (AvgIpc) is 3.18. The van der Waals surface area contributed by atoms with Gasteiger partial charge in [-0.05, 0) is 67.9 Å². The lowest BCUT2D eigenvalue weighted by molar-refractivity contribution is -0.380. The van der Waals surface area contributed by atoms with E-state index in [1.165, 1.54) is 0 Å². The van der Waals surface area contributed by atoms with Crippen molar-refractivity contribution >= 4 is 50.8 Å². The molecule has 11 heteroatoms. The van der Waals surface area contributed by atoms with Crippen LogP contribution in [0.5, 0.6) is 0 Å². The molecule has 1 heterocycles. The van der Waals surface area contributed by atoms with E-state index in [1.54, 1.807) is 43.9 Å². The summed E-state index contributed by atoms with van der Waals surface area (Å²) < 4.78 is 5.62. The van der Waals surface area contributed by atoms with Gasteiger partial charge in [0.25, 0.3) is 5.91 Å². The van der Waals surface area contributed by atoms with Crippen molar-refractivity contribution in [3.05, 3.63) is 69.4 Å². The normalized spacial score (nSPS) is 11.1. The molecule has 0 bridgehead atoms. The summed E-state index contributed by atoms with van der Waals surface area (Å²) in [5.74, 6) is -0.516. The molecule has 2 amide bonds. The Balaban J connectivity index is 2.02. The maximum absolute atomic E-state index is 13.2. The number of unbranched alkanes of at least 4 members (excludes halogenated alkanes) is 1. The van der Waals surface area contributed by atoms with Crippen LogP contribution in [0.25, 0.3) is 11.1 Å². The van der Waals surface area contributed by atoms with E-state index in [1.807, 2.05) is 37.3 Å². The minimum absolute atomic E-state index is 0.0121. The minimum atomic E-state index is -0.665. The second kappa shape index (κ2) is 11.5. The SMILES string of the molecule is CCCCN(C(=O)OC(C)(C)C)c1ccc(C(=O)Nc2nc(Cl)c([N+](=O)[O-])s2)c(-c2ccccc2)c1. The summed E-state index contributed by atoms with van der Waals surface area (Å²) in [7, 11) is 0. The lowest BCUT2D eigenvalue weighted by atomic mass is 9.98. The van der Waals surface area contributed by atoms with E-state index >= 15 is 0 Å². The van der Waals surface area contributed by atoms with Crippen molar-refractivity contribution in [2.24, 2.45) is 0 Å². The van der Waals surface area contributed by atoms with Gasteiger partial charge in [-0.15, -0.1) is 0 Å². The fourth-order valence-electron chi connectivity index (χ4n) is 3.34. The summed E-state index contributed by atoms with van der Waals surface area (Å²) in [6, 6.07) is 14.3. The quantitative estimate of drug-likeness (QED) is 0.244. The predicted molar refractivity (Wildman–Crippen MR) is 142 cm³/mol. The van der Waals surface area contributed by atoms with Crippen molar-refractivity contribution in [1.82, 2.24) is 4.98 Å². The number of nitro groups is 1. The van der Waals surface area contributed by atoms with Crippen molar-refractivity contribution < 1.29 is 19.2 Å². The van der Waals surface area contributed by atoms with Gasteiger partial charge in [-0.25, -0.2) is 9.78 Å². The Hall–Kier alpha value is -3.50. The van der Waals surface area contributed by atoms with Gasteiger partial charge >= 0.3 is 11.1 Å². The summed E-state index contributed by atoms with van der Waals surface area (Å²) in [6.07, 6.45) is 1.18. The number of nitrogens with one attached hydrogen (secondary N) is 1. The zero-order valence-corrected chi connectivity index (χ0v) is 22.0. The van der Waals surface area contributed by atoms with E-state index in [2.05, 4.69) is 10.3 Å². The number of thiazole rings is 1. The van der Waals surface area contributed by atoms with Gasteiger partial charge in [-0.2, -0.15) is 0 Å². The summed E-state index contributed by atoms with van der Waals surface area (Å²) in [4.78, 5) is 42.1.